The fourth-order valence-electron chi connectivity index (χ4n) is 2.69. The predicted octanol–water partition coefficient (Wildman–Crippen LogP) is 4.64. The molecule has 1 N–H and O–H groups in total. The average Bonchev–Trinajstić information content (AvgIpc) is 2.67. The van der Waals surface area contributed by atoms with Gasteiger partial charge in [0, 0.05) is 12.1 Å². The number of hydrogen-bond acceptors (Lipinski definition) is 4. The molecule has 5 nitrogen and oxygen atoms in total. The summed E-state index contributed by atoms with van der Waals surface area (Å²) in [5, 5.41) is 2.85. The molecule has 0 spiro atoms. The van der Waals surface area contributed by atoms with Gasteiger partial charge in [-0.1, -0.05) is 44.2 Å². The Morgan fingerprint density at radius 2 is 1.69 bits per heavy atom. The fourth-order valence-corrected chi connectivity index (χ4v) is 2.69. The van der Waals surface area contributed by atoms with E-state index in [4.69, 9.17) is 9.47 Å². The number of likely N-dealkylation sites (N-methyl/N-ethyl adjacent to an activating group) is 1. The van der Waals surface area contributed by atoms with Crippen LogP contribution in [-0.2, 0) is 4.74 Å². The number of nitrogens with one attached hydrogen (secondary N) is 1. The summed E-state index contributed by atoms with van der Waals surface area (Å²) in [6.45, 7) is 9.78. The summed E-state index contributed by atoms with van der Waals surface area (Å²) in [6.07, 6.45) is -0.435. The van der Waals surface area contributed by atoms with E-state index in [1.165, 1.54) is 0 Å². The molecule has 0 unspecified atom stereocenters. The van der Waals surface area contributed by atoms with E-state index in [0.717, 1.165) is 42.2 Å². The van der Waals surface area contributed by atoms with E-state index >= 15 is 0 Å². The number of amides is 1. The van der Waals surface area contributed by atoms with Crippen LogP contribution in [0.1, 0.15) is 20.8 Å². The van der Waals surface area contributed by atoms with Gasteiger partial charge in [-0.15, -0.1) is 0 Å². The number of nitrogens with zero attached hydrogens (tertiary/aromatic N) is 1. The van der Waals surface area contributed by atoms with Gasteiger partial charge in [-0.2, -0.15) is 0 Å². The van der Waals surface area contributed by atoms with Crippen LogP contribution in [0.25, 0.3) is 11.1 Å². The first kappa shape index (κ1) is 19.8. The molecule has 140 valence electrons. The largest absolute Gasteiger partial charge is 0.494 e. The van der Waals surface area contributed by atoms with Crippen molar-refractivity contribution in [3.8, 4) is 16.9 Å². The highest BCUT2D eigenvalue weighted by molar-refractivity contribution is 5.91. The van der Waals surface area contributed by atoms with Gasteiger partial charge in [0.25, 0.3) is 0 Å². The van der Waals surface area contributed by atoms with Crippen LogP contribution in [0, 0.1) is 0 Å². The molecule has 1 amide bonds. The first-order valence-electron chi connectivity index (χ1n) is 9.16. The van der Waals surface area contributed by atoms with Crippen LogP contribution in [0.5, 0.6) is 5.75 Å². The Hall–Kier alpha value is -2.53. The van der Waals surface area contributed by atoms with Crippen molar-refractivity contribution in [3.63, 3.8) is 0 Å². The fraction of sp³-hybridized carbons (Fsp3) is 0.381. The predicted molar refractivity (Wildman–Crippen MR) is 106 cm³/mol. The standard InChI is InChI=1S/C21H28N2O3/c1-4-23(5-2)15-16-26-21(24)22-20-10-8-7-9-19(20)17-11-13-18(14-12-17)25-6-3/h7-14H,4-6,15-16H2,1-3H3,(H,22,24). The van der Waals surface area contributed by atoms with E-state index in [2.05, 4.69) is 24.1 Å². The number of carbonyl (C=O) groups excluding carboxylic acids is 1. The lowest BCUT2D eigenvalue weighted by atomic mass is 10.0. The number of para-hydroxylation sites is 1. The van der Waals surface area contributed by atoms with Crippen molar-refractivity contribution < 1.29 is 14.3 Å². The summed E-state index contributed by atoms with van der Waals surface area (Å²) in [6, 6.07) is 15.5. The van der Waals surface area contributed by atoms with Gasteiger partial charge in [-0.25, -0.2) is 4.79 Å². The second-order valence-corrected chi connectivity index (χ2v) is 5.79. The molecule has 0 bridgehead atoms. The Labute approximate surface area is 155 Å². The van der Waals surface area contributed by atoms with E-state index in [0.29, 0.717) is 13.2 Å². The van der Waals surface area contributed by atoms with Crippen LogP contribution >= 0.6 is 0 Å². The number of ether oxygens (including phenoxy) is 2. The normalized spacial score (nSPS) is 10.6. The van der Waals surface area contributed by atoms with Crippen molar-refractivity contribution in [1.29, 1.82) is 0 Å². The Kier molecular flexibility index (Phi) is 7.96. The highest BCUT2D eigenvalue weighted by Gasteiger charge is 2.10. The maximum absolute atomic E-state index is 12.1. The van der Waals surface area contributed by atoms with Gasteiger partial charge in [0.1, 0.15) is 12.4 Å². The topological polar surface area (TPSA) is 50.8 Å². The van der Waals surface area contributed by atoms with E-state index in [-0.39, 0.29) is 0 Å². The highest BCUT2D eigenvalue weighted by Crippen LogP contribution is 2.29. The van der Waals surface area contributed by atoms with E-state index < -0.39 is 6.09 Å². The molecular formula is C21H28N2O3. The number of hydrogen-bond donors (Lipinski definition) is 1. The van der Waals surface area contributed by atoms with Crippen molar-refractivity contribution >= 4 is 11.8 Å². The van der Waals surface area contributed by atoms with Crippen molar-refractivity contribution in [1.82, 2.24) is 4.90 Å². The van der Waals surface area contributed by atoms with Crippen LogP contribution in [0.4, 0.5) is 10.5 Å². The van der Waals surface area contributed by atoms with Crippen molar-refractivity contribution in [3.05, 3.63) is 48.5 Å². The highest BCUT2D eigenvalue weighted by atomic mass is 16.5. The van der Waals surface area contributed by atoms with Crippen molar-refractivity contribution in [2.45, 2.75) is 20.8 Å². The van der Waals surface area contributed by atoms with Crippen LogP contribution in [0.2, 0.25) is 0 Å². The first-order valence-corrected chi connectivity index (χ1v) is 9.16. The smallest absolute Gasteiger partial charge is 0.411 e. The summed E-state index contributed by atoms with van der Waals surface area (Å²) < 4.78 is 10.8. The molecule has 2 aromatic rings. The van der Waals surface area contributed by atoms with Gasteiger partial charge >= 0.3 is 6.09 Å². The Morgan fingerprint density at radius 3 is 2.35 bits per heavy atom. The Bertz CT molecular complexity index is 682. The minimum absolute atomic E-state index is 0.374. The second kappa shape index (κ2) is 10.5. The lowest BCUT2D eigenvalue weighted by Gasteiger charge is -2.18. The summed E-state index contributed by atoms with van der Waals surface area (Å²) in [5.41, 5.74) is 2.67. The van der Waals surface area contributed by atoms with Gasteiger partial charge in [0.05, 0.1) is 12.3 Å². The van der Waals surface area contributed by atoms with E-state index in [1.54, 1.807) is 0 Å². The SMILES string of the molecule is CCOc1ccc(-c2ccccc2NC(=O)OCCN(CC)CC)cc1. The van der Waals surface area contributed by atoms with Crippen LogP contribution < -0.4 is 10.1 Å². The quantitative estimate of drug-likeness (QED) is 0.711. The van der Waals surface area contributed by atoms with Gasteiger partial charge in [-0.3, -0.25) is 5.32 Å². The van der Waals surface area contributed by atoms with E-state index in [9.17, 15) is 4.79 Å². The molecule has 2 aromatic carbocycles. The summed E-state index contributed by atoms with van der Waals surface area (Å²) in [5.74, 6) is 0.831. The molecule has 0 saturated heterocycles. The molecule has 0 radical (unpaired) electrons. The Morgan fingerprint density at radius 1 is 1.00 bits per heavy atom. The number of anilines is 1. The van der Waals surface area contributed by atoms with Crippen LogP contribution in [-0.4, -0.2) is 43.8 Å². The van der Waals surface area contributed by atoms with Crippen LogP contribution in [0.15, 0.2) is 48.5 Å². The maximum atomic E-state index is 12.1. The molecular weight excluding hydrogens is 328 g/mol. The summed E-state index contributed by atoms with van der Waals surface area (Å²) in [7, 11) is 0. The molecule has 0 aliphatic carbocycles. The Balaban J connectivity index is 2.01. The number of rotatable bonds is 9. The summed E-state index contributed by atoms with van der Waals surface area (Å²) in [4.78, 5) is 14.3. The molecule has 0 aliphatic rings. The van der Waals surface area contributed by atoms with Gasteiger partial charge < -0.3 is 14.4 Å². The zero-order chi connectivity index (χ0) is 18.8. The lowest BCUT2D eigenvalue weighted by Crippen LogP contribution is -2.28. The maximum Gasteiger partial charge on any atom is 0.411 e. The van der Waals surface area contributed by atoms with E-state index in [1.807, 2.05) is 55.5 Å². The number of benzene rings is 2. The summed E-state index contributed by atoms with van der Waals surface area (Å²) >= 11 is 0. The third kappa shape index (κ3) is 5.77. The molecule has 0 heterocycles. The average molecular weight is 356 g/mol. The van der Waals surface area contributed by atoms with Crippen LogP contribution in [0.3, 0.4) is 0 Å². The third-order valence-electron chi connectivity index (χ3n) is 4.18. The van der Waals surface area contributed by atoms with Gasteiger partial charge in [-0.05, 0) is 43.8 Å². The lowest BCUT2D eigenvalue weighted by molar-refractivity contribution is 0.142. The zero-order valence-corrected chi connectivity index (χ0v) is 15.8. The first-order chi connectivity index (χ1) is 12.7. The molecule has 0 aromatic heterocycles. The minimum atomic E-state index is -0.435. The minimum Gasteiger partial charge on any atom is -0.494 e. The molecule has 0 fully saturated rings. The van der Waals surface area contributed by atoms with Gasteiger partial charge in [0.2, 0.25) is 0 Å². The molecule has 0 saturated carbocycles. The molecule has 0 atom stereocenters. The third-order valence-corrected chi connectivity index (χ3v) is 4.18. The van der Waals surface area contributed by atoms with Crippen molar-refractivity contribution in [2.75, 3.05) is 38.2 Å². The molecule has 2 rings (SSSR count). The zero-order valence-electron chi connectivity index (χ0n) is 15.8. The molecule has 5 heteroatoms. The van der Waals surface area contributed by atoms with Crippen molar-refractivity contribution in [2.24, 2.45) is 0 Å². The monoisotopic (exact) mass is 356 g/mol. The van der Waals surface area contributed by atoms with Gasteiger partial charge in [0.15, 0.2) is 0 Å². The number of carbonyl (C=O) groups is 1. The molecule has 0 aliphatic heterocycles. The molecule has 26 heavy (non-hydrogen) atoms. The second-order valence-electron chi connectivity index (χ2n) is 5.79.